The van der Waals surface area contributed by atoms with Gasteiger partial charge in [0.15, 0.2) is 5.69 Å². The highest BCUT2D eigenvalue weighted by Gasteiger charge is 2.14. The van der Waals surface area contributed by atoms with E-state index in [2.05, 4.69) is 9.97 Å². The molecule has 2 aromatic heterocycles. The van der Waals surface area contributed by atoms with Crippen LogP contribution in [0.4, 0.5) is 0 Å². The van der Waals surface area contributed by atoms with Gasteiger partial charge in [0.05, 0.1) is 10.7 Å². The number of ether oxygens (including phenoxy) is 1. The third kappa shape index (κ3) is 3.88. The lowest BCUT2D eigenvalue weighted by molar-refractivity contribution is 0.0462. The van der Waals surface area contributed by atoms with Crippen molar-refractivity contribution in [2.24, 2.45) is 0 Å². The third-order valence-electron chi connectivity index (χ3n) is 2.96. The number of halogens is 2. The van der Waals surface area contributed by atoms with Gasteiger partial charge in [-0.05, 0) is 12.1 Å². The highest BCUT2D eigenvalue weighted by Crippen LogP contribution is 2.24. The Morgan fingerprint density at radius 3 is 2.65 bits per heavy atom. The first-order valence-electron chi connectivity index (χ1n) is 6.62. The summed E-state index contributed by atoms with van der Waals surface area (Å²) in [5.74, 6) is -0.527. The van der Waals surface area contributed by atoms with Crippen LogP contribution in [0.2, 0.25) is 10.2 Å². The number of pyridine rings is 1. The number of benzene rings is 1. The Kier molecular flexibility index (Phi) is 4.91. The SMILES string of the molecule is O=C(OCc1nc(Cl)ccc1Cl)c1csc(-c2ccccc2)n1. The van der Waals surface area contributed by atoms with E-state index in [0.29, 0.717) is 15.9 Å². The molecule has 0 aliphatic rings. The number of esters is 1. The zero-order chi connectivity index (χ0) is 16.2. The second-order valence-corrected chi connectivity index (χ2v) is 6.20. The van der Waals surface area contributed by atoms with Gasteiger partial charge in [-0.15, -0.1) is 11.3 Å². The van der Waals surface area contributed by atoms with Gasteiger partial charge in [-0.3, -0.25) is 0 Å². The van der Waals surface area contributed by atoms with Gasteiger partial charge in [-0.2, -0.15) is 0 Å². The number of nitrogens with zero attached hydrogens (tertiary/aromatic N) is 2. The minimum absolute atomic E-state index is 0.0591. The zero-order valence-corrected chi connectivity index (χ0v) is 14.0. The summed E-state index contributed by atoms with van der Waals surface area (Å²) in [6.07, 6.45) is 0. The molecule has 0 amide bonds. The smallest absolute Gasteiger partial charge is 0.358 e. The van der Waals surface area contributed by atoms with Crippen molar-refractivity contribution in [1.29, 1.82) is 0 Å². The van der Waals surface area contributed by atoms with Crippen molar-refractivity contribution >= 4 is 40.5 Å². The lowest BCUT2D eigenvalue weighted by atomic mass is 10.2. The molecule has 2 heterocycles. The number of aromatic nitrogens is 2. The summed E-state index contributed by atoms with van der Waals surface area (Å²) in [4.78, 5) is 20.4. The van der Waals surface area contributed by atoms with Gasteiger partial charge in [0.1, 0.15) is 16.8 Å². The van der Waals surface area contributed by atoms with E-state index in [-0.39, 0.29) is 12.3 Å². The summed E-state index contributed by atoms with van der Waals surface area (Å²) < 4.78 is 5.20. The van der Waals surface area contributed by atoms with Gasteiger partial charge in [-0.1, -0.05) is 53.5 Å². The molecule has 0 aliphatic carbocycles. The lowest BCUT2D eigenvalue weighted by Crippen LogP contribution is -2.07. The molecule has 1 aromatic carbocycles. The van der Waals surface area contributed by atoms with Crippen LogP contribution in [0.1, 0.15) is 16.2 Å². The Morgan fingerprint density at radius 2 is 1.87 bits per heavy atom. The largest absolute Gasteiger partial charge is 0.454 e. The molecule has 0 fully saturated rings. The Labute approximate surface area is 146 Å². The molecule has 0 N–H and O–H groups in total. The molecule has 23 heavy (non-hydrogen) atoms. The molecule has 0 bridgehead atoms. The molecule has 0 spiro atoms. The molecule has 0 radical (unpaired) electrons. The fraction of sp³-hybridized carbons (Fsp3) is 0.0625. The van der Waals surface area contributed by atoms with Crippen LogP contribution in [-0.4, -0.2) is 15.9 Å². The molecule has 0 atom stereocenters. The number of hydrogen-bond acceptors (Lipinski definition) is 5. The van der Waals surface area contributed by atoms with Crippen molar-refractivity contribution < 1.29 is 9.53 Å². The van der Waals surface area contributed by atoms with Crippen molar-refractivity contribution in [3.8, 4) is 10.6 Å². The number of thiazole rings is 1. The average Bonchev–Trinajstić information content (AvgIpc) is 3.06. The molecule has 0 unspecified atom stereocenters. The van der Waals surface area contributed by atoms with Crippen LogP contribution < -0.4 is 0 Å². The Balaban J connectivity index is 1.69. The number of hydrogen-bond donors (Lipinski definition) is 0. The van der Waals surface area contributed by atoms with Crippen molar-refractivity contribution in [2.45, 2.75) is 6.61 Å². The molecule has 116 valence electrons. The summed E-state index contributed by atoms with van der Waals surface area (Å²) in [6.45, 7) is -0.0591. The maximum absolute atomic E-state index is 12.1. The Morgan fingerprint density at radius 1 is 1.09 bits per heavy atom. The normalized spacial score (nSPS) is 10.5. The quantitative estimate of drug-likeness (QED) is 0.489. The minimum Gasteiger partial charge on any atom is -0.454 e. The molecular formula is C16H10Cl2N2O2S. The molecule has 0 aliphatic heterocycles. The Bertz CT molecular complexity index is 837. The van der Waals surface area contributed by atoms with Gasteiger partial charge >= 0.3 is 5.97 Å². The van der Waals surface area contributed by atoms with Crippen LogP contribution in [0, 0.1) is 0 Å². The molecule has 4 nitrogen and oxygen atoms in total. The summed E-state index contributed by atoms with van der Waals surface area (Å²) in [5.41, 5.74) is 1.62. The summed E-state index contributed by atoms with van der Waals surface area (Å²) in [7, 11) is 0. The highest BCUT2D eigenvalue weighted by molar-refractivity contribution is 7.13. The number of carbonyl (C=O) groups excluding carboxylic acids is 1. The van der Waals surface area contributed by atoms with Crippen molar-refractivity contribution in [2.75, 3.05) is 0 Å². The molecule has 0 saturated carbocycles. The van der Waals surface area contributed by atoms with Gasteiger partial charge < -0.3 is 4.74 Å². The van der Waals surface area contributed by atoms with E-state index in [1.807, 2.05) is 30.3 Å². The standard InChI is InChI=1S/C16H10Cl2N2O2S/c17-11-6-7-14(18)19-12(11)8-22-16(21)13-9-23-15(20-13)10-4-2-1-3-5-10/h1-7,9H,8H2. The van der Waals surface area contributed by atoms with Gasteiger partial charge in [0.25, 0.3) is 0 Å². The first-order valence-corrected chi connectivity index (χ1v) is 8.26. The predicted octanol–water partition coefficient (Wildman–Crippen LogP) is 4.87. The first kappa shape index (κ1) is 15.9. The van der Waals surface area contributed by atoms with Gasteiger partial charge in [0, 0.05) is 10.9 Å². The maximum Gasteiger partial charge on any atom is 0.358 e. The van der Waals surface area contributed by atoms with Crippen LogP contribution in [0.25, 0.3) is 10.6 Å². The number of carbonyl (C=O) groups is 1. The van der Waals surface area contributed by atoms with Crippen LogP contribution in [0.15, 0.2) is 47.8 Å². The van der Waals surface area contributed by atoms with E-state index < -0.39 is 5.97 Å². The first-order chi connectivity index (χ1) is 11.1. The van der Waals surface area contributed by atoms with Gasteiger partial charge in [-0.25, -0.2) is 14.8 Å². The summed E-state index contributed by atoms with van der Waals surface area (Å²) in [5, 5.41) is 3.11. The number of rotatable bonds is 4. The van der Waals surface area contributed by atoms with Crippen LogP contribution in [-0.2, 0) is 11.3 Å². The van der Waals surface area contributed by atoms with Crippen molar-refractivity contribution in [1.82, 2.24) is 9.97 Å². The third-order valence-corrected chi connectivity index (χ3v) is 4.40. The maximum atomic E-state index is 12.1. The van der Waals surface area contributed by atoms with E-state index in [4.69, 9.17) is 27.9 Å². The monoisotopic (exact) mass is 364 g/mol. The summed E-state index contributed by atoms with van der Waals surface area (Å²) in [6, 6.07) is 12.8. The van der Waals surface area contributed by atoms with Crippen molar-refractivity contribution in [3.05, 3.63) is 69.4 Å². The second-order valence-electron chi connectivity index (χ2n) is 4.54. The lowest BCUT2D eigenvalue weighted by Gasteiger charge is -2.04. The molecule has 0 saturated heterocycles. The molecular weight excluding hydrogens is 355 g/mol. The Hall–Kier alpha value is -1.95. The van der Waals surface area contributed by atoms with E-state index in [1.165, 1.54) is 11.3 Å². The molecule has 7 heteroatoms. The van der Waals surface area contributed by atoms with Crippen LogP contribution in [0.3, 0.4) is 0 Å². The van der Waals surface area contributed by atoms with Crippen molar-refractivity contribution in [3.63, 3.8) is 0 Å². The second kappa shape index (κ2) is 7.08. The van der Waals surface area contributed by atoms with E-state index in [0.717, 1.165) is 10.6 Å². The summed E-state index contributed by atoms with van der Waals surface area (Å²) >= 11 is 13.2. The fourth-order valence-corrected chi connectivity index (χ4v) is 2.97. The topological polar surface area (TPSA) is 52.1 Å². The fourth-order valence-electron chi connectivity index (χ4n) is 1.85. The van der Waals surface area contributed by atoms with Gasteiger partial charge in [0.2, 0.25) is 0 Å². The molecule has 3 aromatic rings. The zero-order valence-electron chi connectivity index (χ0n) is 11.7. The average molecular weight is 365 g/mol. The highest BCUT2D eigenvalue weighted by atomic mass is 35.5. The van der Waals surface area contributed by atoms with E-state index >= 15 is 0 Å². The van der Waals surface area contributed by atoms with Crippen LogP contribution in [0.5, 0.6) is 0 Å². The van der Waals surface area contributed by atoms with E-state index in [1.54, 1.807) is 17.5 Å². The predicted molar refractivity (Wildman–Crippen MR) is 90.9 cm³/mol. The van der Waals surface area contributed by atoms with E-state index in [9.17, 15) is 4.79 Å². The van der Waals surface area contributed by atoms with Crippen LogP contribution >= 0.6 is 34.5 Å². The molecule has 3 rings (SSSR count). The minimum atomic E-state index is -0.527.